The predicted octanol–water partition coefficient (Wildman–Crippen LogP) is 4.72. The second-order valence-corrected chi connectivity index (χ2v) is 10.6. The summed E-state index contributed by atoms with van der Waals surface area (Å²) in [5.41, 5.74) is 10.6. The zero-order valence-corrected chi connectivity index (χ0v) is 19.7. The maximum absolute atomic E-state index is 13.0. The molecule has 8 heteroatoms. The third-order valence-corrected chi connectivity index (χ3v) is 8.47. The van der Waals surface area contributed by atoms with Crippen molar-refractivity contribution in [2.75, 3.05) is 18.1 Å². The van der Waals surface area contributed by atoms with E-state index in [4.69, 9.17) is 15.5 Å². The lowest BCUT2D eigenvalue weighted by atomic mass is 9.97. The number of anilines is 1. The van der Waals surface area contributed by atoms with E-state index in [1.54, 1.807) is 11.3 Å². The van der Waals surface area contributed by atoms with Crippen molar-refractivity contribution in [2.24, 2.45) is 0 Å². The molecule has 4 heterocycles. The maximum atomic E-state index is 13.0. The van der Waals surface area contributed by atoms with Gasteiger partial charge in [-0.3, -0.25) is 4.79 Å². The minimum atomic E-state index is 0.101. The van der Waals surface area contributed by atoms with Gasteiger partial charge in [-0.1, -0.05) is 11.8 Å². The van der Waals surface area contributed by atoms with Gasteiger partial charge in [-0.05, 0) is 64.0 Å². The van der Waals surface area contributed by atoms with E-state index in [0.717, 1.165) is 66.0 Å². The van der Waals surface area contributed by atoms with Crippen molar-refractivity contribution in [3.8, 4) is 0 Å². The summed E-state index contributed by atoms with van der Waals surface area (Å²) >= 11 is 3.11. The van der Waals surface area contributed by atoms with E-state index >= 15 is 0 Å². The van der Waals surface area contributed by atoms with E-state index in [-0.39, 0.29) is 11.9 Å². The summed E-state index contributed by atoms with van der Waals surface area (Å²) in [5.74, 6) is 0.957. The summed E-state index contributed by atoms with van der Waals surface area (Å²) < 4.78 is 7.99. The SMILES string of the molecule is Cc1cc(C(=O)CSc2nc(N)c3c4c(sc3n2)CCCC4)c(C)n1CC1CCCO1. The van der Waals surface area contributed by atoms with E-state index in [9.17, 15) is 4.79 Å². The van der Waals surface area contributed by atoms with Gasteiger partial charge < -0.3 is 15.0 Å². The lowest BCUT2D eigenvalue weighted by Crippen LogP contribution is -2.17. The second kappa shape index (κ2) is 8.56. The van der Waals surface area contributed by atoms with Crippen LogP contribution >= 0.6 is 23.1 Å². The van der Waals surface area contributed by atoms with Crippen LogP contribution in [0.4, 0.5) is 5.82 Å². The van der Waals surface area contributed by atoms with Gasteiger partial charge in [0.15, 0.2) is 10.9 Å². The van der Waals surface area contributed by atoms with E-state index < -0.39 is 0 Å². The largest absolute Gasteiger partial charge is 0.383 e. The van der Waals surface area contributed by atoms with Gasteiger partial charge in [0.25, 0.3) is 0 Å². The molecule has 2 N–H and O–H groups in total. The summed E-state index contributed by atoms with van der Waals surface area (Å²) in [4.78, 5) is 24.6. The maximum Gasteiger partial charge on any atom is 0.191 e. The Balaban J connectivity index is 1.32. The molecule has 1 fully saturated rings. The number of aryl methyl sites for hydroxylation is 3. The van der Waals surface area contributed by atoms with Crippen LogP contribution in [0.15, 0.2) is 11.2 Å². The first-order valence-electron chi connectivity index (χ1n) is 11.0. The Hall–Kier alpha value is -1.90. The molecule has 0 bridgehead atoms. The highest BCUT2D eigenvalue weighted by Crippen LogP contribution is 2.38. The lowest BCUT2D eigenvalue weighted by molar-refractivity contribution is 0.0957. The van der Waals surface area contributed by atoms with Crippen LogP contribution in [0.25, 0.3) is 10.2 Å². The summed E-state index contributed by atoms with van der Waals surface area (Å²) in [7, 11) is 0. The molecule has 0 radical (unpaired) electrons. The topological polar surface area (TPSA) is 83.0 Å². The molecule has 6 nitrogen and oxygen atoms in total. The number of carbonyl (C=O) groups is 1. The quantitative estimate of drug-likeness (QED) is 0.328. The Morgan fingerprint density at radius 3 is 2.94 bits per heavy atom. The molecule has 1 aliphatic heterocycles. The number of Topliss-reactive ketones (excluding diaryl/α,β-unsaturated/α-hetero) is 1. The Labute approximate surface area is 190 Å². The molecule has 31 heavy (non-hydrogen) atoms. The molecule has 3 aromatic rings. The fourth-order valence-electron chi connectivity index (χ4n) is 4.79. The summed E-state index contributed by atoms with van der Waals surface area (Å²) in [6.07, 6.45) is 7.06. The van der Waals surface area contributed by atoms with Crippen molar-refractivity contribution < 1.29 is 9.53 Å². The van der Waals surface area contributed by atoms with E-state index in [1.165, 1.54) is 35.0 Å². The highest BCUT2D eigenvalue weighted by molar-refractivity contribution is 7.99. The molecule has 0 aromatic carbocycles. The van der Waals surface area contributed by atoms with Gasteiger partial charge in [0, 0.05) is 35.0 Å². The van der Waals surface area contributed by atoms with Gasteiger partial charge in [-0.2, -0.15) is 0 Å². The first kappa shape index (κ1) is 21.0. The number of thioether (sulfide) groups is 1. The molecule has 1 aliphatic carbocycles. The Bertz CT molecular complexity index is 1140. The molecule has 3 aromatic heterocycles. The molecular weight excluding hydrogens is 428 g/mol. The Morgan fingerprint density at radius 2 is 2.13 bits per heavy atom. The van der Waals surface area contributed by atoms with Crippen molar-refractivity contribution in [1.82, 2.24) is 14.5 Å². The Morgan fingerprint density at radius 1 is 1.29 bits per heavy atom. The number of hydrogen-bond donors (Lipinski definition) is 1. The second-order valence-electron chi connectivity index (χ2n) is 8.52. The number of aromatic nitrogens is 3. The third-order valence-electron chi connectivity index (χ3n) is 6.44. The van der Waals surface area contributed by atoms with Crippen molar-refractivity contribution in [1.29, 1.82) is 0 Å². The molecular formula is C23H28N4O2S2. The minimum absolute atomic E-state index is 0.101. The van der Waals surface area contributed by atoms with Gasteiger partial charge in [0.1, 0.15) is 10.6 Å². The van der Waals surface area contributed by atoms with Crippen LogP contribution in [0.2, 0.25) is 0 Å². The smallest absolute Gasteiger partial charge is 0.191 e. The highest BCUT2D eigenvalue weighted by atomic mass is 32.2. The molecule has 164 valence electrons. The number of nitrogens with zero attached hydrogens (tertiary/aromatic N) is 3. The molecule has 1 unspecified atom stereocenters. The van der Waals surface area contributed by atoms with Crippen molar-refractivity contribution in [3.05, 3.63) is 33.5 Å². The van der Waals surface area contributed by atoms with Crippen LogP contribution in [0.1, 0.15) is 57.9 Å². The van der Waals surface area contributed by atoms with Crippen LogP contribution in [-0.4, -0.2) is 38.8 Å². The van der Waals surface area contributed by atoms with Crippen LogP contribution in [0, 0.1) is 13.8 Å². The van der Waals surface area contributed by atoms with Gasteiger partial charge in [0.05, 0.1) is 17.2 Å². The fourth-order valence-corrected chi connectivity index (χ4v) is 6.86. The standard InChI is InChI=1S/C23H28N4O2S2/c1-13-10-17(14(2)27(13)11-15-6-5-9-29-15)18(28)12-30-23-25-21(24)20-16-7-3-4-8-19(16)31-22(20)26-23/h10,15H,3-9,11-12H2,1-2H3,(H2,24,25,26). The number of carbonyl (C=O) groups excluding carboxylic acids is 1. The average molecular weight is 457 g/mol. The van der Waals surface area contributed by atoms with Crippen molar-refractivity contribution in [2.45, 2.75) is 70.2 Å². The van der Waals surface area contributed by atoms with E-state index in [2.05, 4.69) is 16.5 Å². The highest BCUT2D eigenvalue weighted by Gasteiger charge is 2.23. The van der Waals surface area contributed by atoms with Gasteiger partial charge in [-0.25, -0.2) is 9.97 Å². The molecule has 0 spiro atoms. The summed E-state index contributed by atoms with van der Waals surface area (Å²) in [6, 6.07) is 2.00. The first-order chi connectivity index (χ1) is 15.0. The van der Waals surface area contributed by atoms with Gasteiger partial charge in [0.2, 0.25) is 0 Å². The number of nitrogens with two attached hydrogens (primary N) is 1. The lowest BCUT2D eigenvalue weighted by Gasteiger charge is -2.14. The molecule has 0 saturated carbocycles. The summed E-state index contributed by atoms with van der Waals surface area (Å²) in [6.45, 7) is 5.74. The van der Waals surface area contributed by atoms with Crippen molar-refractivity contribution in [3.63, 3.8) is 0 Å². The number of fused-ring (bicyclic) bond motifs is 3. The normalized spacial score (nSPS) is 18.6. The van der Waals surface area contributed by atoms with Crippen LogP contribution in [0.5, 0.6) is 0 Å². The number of hydrogen-bond acceptors (Lipinski definition) is 7. The number of ketones is 1. The van der Waals surface area contributed by atoms with Crippen molar-refractivity contribution >= 4 is 44.9 Å². The van der Waals surface area contributed by atoms with E-state index in [1.807, 2.05) is 13.0 Å². The monoisotopic (exact) mass is 456 g/mol. The van der Waals surface area contributed by atoms with Crippen LogP contribution < -0.4 is 5.73 Å². The van der Waals surface area contributed by atoms with Crippen LogP contribution in [-0.2, 0) is 24.1 Å². The molecule has 1 saturated heterocycles. The number of thiophene rings is 1. The number of ether oxygens (including phenoxy) is 1. The van der Waals surface area contributed by atoms with E-state index in [0.29, 0.717) is 16.7 Å². The third kappa shape index (κ3) is 4.01. The molecule has 0 amide bonds. The first-order valence-corrected chi connectivity index (χ1v) is 12.8. The van der Waals surface area contributed by atoms with Gasteiger partial charge in [-0.15, -0.1) is 11.3 Å². The number of rotatable bonds is 6. The zero-order valence-electron chi connectivity index (χ0n) is 18.1. The molecule has 1 atom stereocenters. The minimum Gasteiger partial charge on any atom is -0.383 e. The van der Waals surface area contributed by atoms with Crippen LogP contribution in [0.3, 0.4) is 0 Å². The average Bonchev–Trinajstić information content (AvgIpc) is 3.46. The number of nitrogen functional groups attached to an aromatic ring is 1. The summed E-state index contributed by atoms with van der Waals surface area (Å²) in [5, 5.41) is 1.62. The molecule has 5 rings (SSSR count). The zero-order chi connectivity index (χ0) is 21.5. The fraction of sp³-hybridized carbons (Fsp3) is 0.522. The predicted molar refractivity (Wildman–Crippen MR) is 126 cm³/mol. The molecule has 2 aliphatic rings. The Kier molecular flexibility index (Phi) is 5.79. The van der Waals surface area contributed by atoms with Gasteiger partial charge >= 0.3 is 0 Å².